The number of nitrogens with zero attached hydrogens (tertiary/aromatic N) is 3. The van der Waals surface area contributed by atoms with Gasteiger partial charge in [0, 0.05) is 32.6 Å². The van der Waals surface area contributed by atoms with Crippen molar-refractivity contribution in [2.24, 2.45) is 0 Å². The molecule has 114 valence electrons. The molecular formula is C13H23N3O4. The molecule has 2 aliphatic rings. The van der Waals surface area contributed by atoms with Crippen molar-refractivity contribution in [1.82, 2.24) is 14.7 Å². The number of aliphatic hydroxyl groups excluding tert-OH is 1. The number of likely N-dealkylation sites (N-methyl/N-ethyl adjacent to an activating group) is 2. The van der Waals surface area contributed by atoms with Crippen LogP contribution in [0.2, 0.25) is 0 Å². The second-order valence-corrected chi connectivity index (χ2v) is 5.85. The summed E-state index contributed by atoms with van der Waals surface area (Å²) < 4.78 is 0. The number of carboxylic acids is 1. The molecule has 3 atom stereocenters. The van der Waals surface area contributed by atoms with Crippen molar-refractivity contribution in [3.05, 3.63) is 0 Å². The SMILES string of the molecule is CN1CCCC(N(C)C(=O)N2CC(O)C[C@H]2C(=O)O)C1. The number of carbonyl (C=O) groups is 2. The highest BCUT2D eigenvalue weighted by molar-refractivity contribution is 5.83. The number of aliphatic carboxylic acids is 1. The van der Waals surface area contributed by atoms with Crippen molar-refractivity contribution in [1.29, 1.82) is 0 Å². The molecule has 2 unspecified atom stereocenters. The molecule has 0 saturated carbocycles. The maximum atomic E-state index is 12.5. The van der Waals surface area contributed by atoms with Crippen LogP contribution in [0.4, 0.5) is 4.79 Å². The van der Waals surface area contributed by atoms with Crippen molar-refractivity contribution >= 4 is 12.0 Å². The van der Waals surface area contributed by atoms with E-state index in [9.17, 15) is 14.7 Å². The Balaban J connectivity index is 2.03. The molecule has 2 aliphatic heterocycles. The van der Waals surface area contributed by atoms with Crippen LogP contribution in [-0.2, 0) is 4.79 Å². The Morgan fingerprint density at radius 3 is 2.60 bits per heavy atom. The highest BCUT2D eigenvalue weighted by Gasteiger charge is 2.41. The molecule has 2 fully saturated rings. The number of urea groups is 1. The fraction of sp³-hybridized carbons (Fsp3) is 0.846. The number of carboxylic acid groups (broad SMARTS) is 1. The number of piperidine rings is 1. The Morgan fingerprint density at radius 2 is 2.00 bits per heavy atom. The van der Waals surface area contributed by atoms with Crippen LogP contribution >= 0.6 is 0 Å². The summed E-state index contributed by atoms with van der Waals surface area (Å²) in [5, 5.41) is 18.8. The Kier molecular flexibility index (Phi) is 4.49. The van der Waals surface area contributed by atoms with E-state index < -0.39 is 18.1 Å². The normalized spacial score (nSPS) is 31.4. The molecule has 0 aromatic heterocycles. The molecule has 0 aromatic carbocycles. The van der Waals surface area contributed by atoms with E-state index in [2.05, 4.69) is 4.90 Å². The third kappa shape index (κ3) is 3.04. The van der Waals surface area contributed by atoms with Crippen LogP contribution in [-0.4, -0.2) is 88.8 Å². The Hall–Kier alpha value is -1.34. The molecule has 2 saturated heterocycles. The van der Waals surface area contributed by atoms with Crippen molar-refractivity contribution < 1.29 is 19.8 Å². The van der Waals surface area contributed by atoms with Crippen LogP contribution in [0.5, 0.6) is 0 Å². The summed E-state index contributed by atoms with van der Waals surface area (Å²) in [6, 6.07) is -1.11. The molecule has 7 nitrogen and oxygen atoms in total. The van der Waals surface area contributed by atoms with Gasteiger partial charge in [-0.05, 0) is 26.4 Å². The molecule has 0 aromatic rings. The number of β-amino-alcohol motifs (C(OH)–C–C–N with tert-alkyl or cyclic N) is 1. The summed E-state index contributed by atoms with van der Waals surface area (Å²) in [7, 11) is 3.74. The molecule has 2 N–H and O–H groups in total. The van der Waals surface area contributed by atoms with Crippen molar-refractivity contribution in [2.75, 3.05) is 33.7 Å². The third-order valence-electron chi connectivity index (χ3n) is 4.26. The highest BCUT2D eigenvalue weighted by atomic mass is 16.4. The Labute approximate surface area is 118 Å². The third-order valence-corrected chi connectivity index (χ3v) is 4.26. The van der Waals surface area contributed by atoms with Gasteiger partial charge in [0.1, 0.15) is 6.04 Å². The molecule has 2 heterocycles. The summed E-state index contributed by atoms with van der Waals surface area (Å²) in [4.78, 5) is 28.7. The zero-order chi connectivity index (χ0) is 14.9. The van der Waals surface area contributed by atoms with E-state index in [-0.39, 0.29) is 25.0 Å². The van der Waals surface area contributed by atoms with E-state index >= 15 is 0 Å². The largest absolute Gasteiger partial charge is 0.480 e. The summed E-state index contributed by atoms with van der Waals surface area (Å²) in [5.74, 6) is -1.05. The molecule has 0 radical (unpaired) electrons. The first kappa shape index (κ1) is 15.1. The quantitative estimate of drug-likeness (QED) is 0.724. The fourth-order valence-corrected chi connectivity index (χ4v) is 3.07. The molecule has 0 bridgehead atoms. The second-order valence-electron chi connectivity index (χ2n) is 5.85. The monoisotopic (exact) mass is 285 g/mol. The first-order chi connectivity index (χ1) is 9.40. The van der Waals surface area contributed by atoms with E-state index in [1.807, 2.05) is 7.05 Å². The van der Waals surface area contributed by atoms with Gasteiger partial charge in [0.25, 0.3) is 0 Å². The summed E-state index contributed by atoms with van der Waals surface area (Å²) in [6.07, 6.45) is 1.33. The molecule has 2 amide bonds. The molecule has 2 rings (SSSR count). The topological polar surface area (TPSA) is 84.3 Å². The maximum absolute atomic E-state index is 12.5. The van der Waals surface area contributed by atoms with Gasteiger partial charge >= 0.3 is 12.0 Å². The van der Waals surface area contributed by atoms with Crippen LogP contribution in [0.3, 0.4) is 0 Å². The van der Waals surface area contributed by atoms with Crippen LogP contribution < -0.4 is 0 Å². The standard InChI is InChI=1S/C13H23N3O4/c1-14-5-3-4-9(7-14)15(2)13(20)16-8-10(17)6-11(16)12(18)19/h9-11,17H,3-8H2,1-2H3,(H,18,19)/t9?,10?,11-/m0/s1. The zero-order valence-corrected chi connectivity index (χ0v) is 12.0. The number of amides is 2. The molecule has 7 heteroatoms. The number of hydrogen-bond acceptors (Lipinski definition) is 4. The Bertz CT molecular complexity index is 390. The number of hydrogen-bond donors (Lipinski definition) is 2. The van der Waals surface area contributed by atoms with E-state index in [1.54, 1.807) is 11.9 Å². The number of carbonyl (C=O) groups excluding carboxylic acids is 1. The summed E-state index contributed by atoms with van der Waals surface area (Å²) >= 11 is 0. The smallest absolute Gasteiger partial charge is 0.326 e. The molecule has 0 aliphatic carbocycles. The van der Waals surface area contributed by atoms with Crippen LogP contribution in [0.15, 0.2) is 0 Å². The van der Waals surface area contributed by atoms with Gasteiger partial charge in [-0.2, -0.15) is 0 Å². The first-order valence-corrected chi connectivity index (χ1v) is 7.03. The van der Waals surface area contributed by atoms with Gasteiger partial charge in [-0.1, -0.05) is 0 Å². The average Bonchev–Trinajstić information content (AvgIpc) is 2.79. The minimum absolute atomic E-state index is 0.0999. The van der Waals surface area contributed by atoms with E-state index in [1.165, 1.54) is 4.90 Å². The van der Waals surface area contributed by atoms with Crippen LogP contribution in [0.1, 0.15) is 19.3 Å². The fourth-order valence-electron chi connectivity index (χ4n) is 3.07. The van der Waals surface area contributed by atoms with Gasteiger partial charge in [0.2, 0.25) is 0 Å². The second kappa shape index (κ2) is 5.97. The number of likely N-dealkylation sites (tertiary alicyclic amines) is 2. The lowest BCUT2D eigenvalue weighted by molar-refractivity contribution is -0.141. The predicted molar refractivity (Wildman–Crippen MR) is 72.4 cm³/mol. The molecular weight excluding hydrogens is 262 g/mol. The molecule has 20 heavy (non-hydrogen) atoms. The zero-order valence-electron chi connectivity index (χ0n) is 12.0. The van der Waals surface area contributed by atoms with Crippen molar-refractivity contribution in [2.45, 2.75) is 37.5 Å². The maximum Gasteiger partial charge on any atom is 0.326 e. The van der Waals surface area contributed by atoms with Crippen LogP contribution in [0.25, 0.3) is 0 Å². The first-order valence-electron chi connectivity index (χ1n) is 7.03. The van der Waals surface area contributed by atoms with E-state index in [0.717, 1.165) is 25.9 Å². The predicted octanol–water partition coefficient (Wildman–Crippen LogP) is -0.348. The lowest BCUT2D eigenvalue weighted by Crippen LogP contribution is -2.53. The Morgan fingerprint density at radius 1 is 1.30 bits per heavy atom. The lowest BCUT2D eigenvalue weighted by Gasteiger charge is -2.38. The van der Waals surface area contributed by atoms with E-state index in [4.69, 9.17) is 5.11 Å². The van der Waals surface area contributed by atoms with Gasteiger partial charge in [0.05, 0.1) is 6.10 Å². The average molecular weight is 285 g/mol. The number of aliphatic hydroxyl groups is 1. The number of rotatable bonds is 2. The van der Waals surface area contributed by atoms with E-state index in [0.29, 0.717) is 0 Å². The van der Waals surface area contributed by atoms with Gasteiger partial charge in [0.15, 0.2) is 0 Å². The van der Waals surface area contributed by atoms with Crippen molar-refractivity contribution in [3.63, 3.8) is 0 Å². The van der Waals surface area contributed by atoms with Gasteiger partial charge < -0.3 is 24.9 Å². The highest BCUT2D eigenvalue weighted by Crippen LogP contribution is 2.22. The van der Waals surface area contributed by atoms with Gasteiger partial charge in [-0.3, -0.25) is 0 Å². The lowest BCUT2D eigenvalue weighted by atomic mass is 10.1. The summed E-state index contributed by atoms with van der Waals surface area (Å²) in [5.41, 5.74) is 0. The summed E-state index contributed by atoms with van der Waals surface area (Å²) in [6.45, 7) is 1.93. The van der Waals surface area contributed by atoms with Gasteiger partial charge in [-0.15, -0.1) is 0 Å². The molecule has 0 spiro atoms. The minimum Gasteiger partial charge on any atom is -0.480 e. The minimum atomic E-state index is -1.05. The van der Waals surface area contributed by atoms with Crippen molar-refractivity contribution in [3.8, 4) is 0 Å². The van der Waals surface area contributed by atoms with Crippen LogP contribution in [0, 0.1) is 0 Å². The van der Waals surface area contributed by atoms with Gasteiger partial charge in [-0.25, -0.2) is 9.59 Å².